The molecule has 8 nitrogen and oxygen atoms in total. The Morgan fingerprint density at radius 1 is 1.17 bits per heavy atom. The van der Waals surface area contributed by atoms with Gasteiger partial charge in [-0.2, -0.15) is 0 Å². The van der Waals surface area contributed by atoms with Crippen LogP contribution in [0.3, 0.4) is 0 Å². The number of pyridine rings is 1. The summed E-state index contributed by atoms with van der Waals surface area (Å²) in [4.78, 5) is 19.9. The summed E-state index contributed by atoms with van der Waals surface area (Å²) in [6.45, 7) is 4.56. The molecule has 4 heterocycles. The van der Waals surface area contributed by atoms with Gasteiger partial charge in [-0.3, -0.25) is 4.90 Å². The van der Waals surface area contributed by atoms with Crippen molar-refractivity contribution in [1.82, 2.24) is 29.4 Å². The van der Waals surface area contributed by atoms with E-state index in [4.69, 9.17) is 10.7 Å². The molecule has 0 bridgehead atoms. The van der Waals surface area contributed by atoms with Crippen LogP contribution in [0.1, 0.15) is 37.1 Å². The summed E-state index contributed by atoms with van der Waals surface area (Å²) >= 11 is 2.12. The molecule has 36 heavy (non-hydrogen) atoms. The van der Waals surface area contributed by atoms with Crippen molar-refractivity contribution in [2.45, 2.75) is 44.8 Å². The lowest BCUT2D eigenvalue weighted by molar-refractivity contribution is 0.240. The minimum atomic E-state index is -0.626. The second kappa shape index (κ2) is 9.27. The third kappa shape index (κ3) is 4.55. The summed E-state index contributed by atoms with van der Waals surface area (Å²) in [5.74, 6) is -0.352. The molecule has 0 unspecified atom stereocenters. The second-order valence-electron chi connectivity index (χ2n) is 9.59. The molecule has 6 rings (SSSR count). The van der Waals surface area contributed by atoms with Gasteiger partial charge in [0.1, 0.15) is 17.0 Å². The van der Waals surface area contributed by atoms with Crippen LogP contribution >= 0.6 is 22.6 Å². The number of halogens is 3. The van der Waals surface area contributed by atoms with Crippen LogP contribution < -0.4 is 11.1 Å². The van der Waals surface area contributed by atoms with Crippen molar-refractivity contribution in [2.75, 3.05) is 18.4 Å². The summed E-state index contributed by atoms with van der Waals surface area (Å²) < 4.78 is 32.5. The average Bonchev–Trinajstić information content (AvgIpc) is 3.61. The number of rotatable bonds is 6. The van der Waals surface area contributed by atoms with Gasteiger partial charge in [-0.1, -0.05) is 6.07 Å². The third-order valence-corrected chi connectivity index (χ3v) is 7.31. The number of aromatic nitrogens is 5. The van der Waals surface area contributed by atoms with Gasteiger partial charge in [0.2, 0.25) is 5.95 Å². The van der Waals surface area contributed by atoms with Gasteiger partial charge in [0.15, 0.2) is 15.5 Å². The van der Waals surface area contributed by atoms with Crippen LogP contribution in [0.25, 0.3) is 22.3 Å². The Morgan fingerprint density at radius 2 is 2.00 bits per heavy atom. The molecule has 4 aromatic rings. The fourth-order valence-electron chi connectivity index (χ4n) is 4.79. The lowest BCUT2D eigenvalue weighted by atomic mass is 10.1. The maximum absolute atomic E-state index is 15.0. The summed E-state index contributed by atoms with van der Waals surface area (Å²) in [6.07, 6.45) is 3.97. The summed E-state index contributed by atoms with van der Waals surface area (Å²) in [5.41, 5.74) is 9.43. The normalized spacial score (nSPS) is 16.8. The molecule has 0 radical (unpaired) electrons. The fraction of sp³-hybridized carbons (Fsp3) is 0.360. The van der Waals surface area contributed by atoms with E-state index in [1.165, 1.54) is 11.6 Å². The topological polar surface area (TPSA) is 97.8 Å². The predicted octanol–water partition coefficient (Wildman–Crippen LogP) is 4.55. The van der Waals surface area contributed by atoms with Crippen LogP contribution in [-0.2, 0) is 13.0 Å². The predicted molar refractivity (Wildman–Crippen MR) is 142 cm³/mol. The number of fused-ring (bicyclic) bond motifs is 2. The minimum absolute atomic E-state index is 0.0244. The largest absolute Gasteiger partial charge is 0.327 e. The van der Waals surface area contributed by atoms with Crippen LogP contribution in [0.5, 0.6) is 0 Å². The second-order valence-corrected chi connectivity index (χ2v) is 10.6. The van der Waals surface area contributed by atoms with E-state index in [0.29, 0.717) is 28.5 Å². The summed E-state index contributed by atoms with van der Waals surface area (Å²) in [7, 11) is 0. The molecule has 1 aliphatic heterocycles. The molecule has 1 aliphatic carbocycles. The van der Waals surface area contributed by atoms with E-state index in [1.807, 2.05) is 23.6 Å². The zero-order valence-corrected chi connectivity index (χ0v) is 21.8. The van der Waals surface area contributed by atoms with Gasteiger partial charge in [-0.15, -0.1) is 0 Å². The minimum Gasteiger partial charge on any atom is -0.327 e. The first-order chi connectivity index (χ1) is 17.4. The number of nitrogens with zero attached hydrogens (tertiary/aromatic N) is 6. The van der Waals surface area contributed by atoms with Crippen LogP contribution in [0.2, 0.25) is 0 Å². The van der Waals surface area contributed by atoms with E-state index in [9.17, 15) is 8.78 Å². The first-order valence-electron chi connectivity index (χ1n) is 12.0. The number of imidazole rings is 1. The van der Waals surface area contributed by atoms with Crippen molar-refractivity contribution in [3.63, 3.8) is 0 Å². The van der Waals surface area contributed by atoms with Crippen LogP contribution in [0, 0.1) is 15.5 Å². The molecule has 2 aliphatic rings. The van der Waals surface area contributed by atoms with E-state index >= 15 is 0 Å². The molecule has 3 aromatic heterocycles. The lowest BCUT2D eigenvalue weighted by Crippen LogP contribution is -2.39. The van der Waals surface area contributed by atoms with Gasteiger partial charge >= 0.3 is 0 Å². The van der Waals surface area contributed by atoms with Gasteiger partial charge in [-0.25, -0.2) is 28.7 Å². The Labute approximate surface area is 220 Å². The molecule has 3 N–H and O–H groups in total. The first-order valence-corrected chi connectivity index (χ1v) is 13.1. The molecule has 1 saturated carbocycles. The zero-order chi connectivity index (χ0) is 25.0. The molecule has 186 valence electrons. The highest BCUT2D eigenvalue weighted by molar-refractivity contribution is 14.1. The smallest absolute Gasteiger partial charge is 0.229 e. The number of benzene rings is 1. The highest BCUT2D eigenvalue weighted by Crippen LogP contribution is 2.40. The number of nitrogens with one attached hydrogen (secondary N) is 1. The molecular formula is C25H25F2IN8. The molecular weight excluding hydrogens is 577 g/mol. The third-order valence-electron chi connectivity index (χ3n) is 6.55. The lowest BCUT2D eigenvalue weighted by Gasteiger charge is -2.29. The van der Waals surface area contributed by atoms with Crippen molar-refractivity contribution < 1.29 is 8.78 Å². The number of hydrogen-bond acceptors (Lipinski definition) is 7. The molecule has 0 amide bonds. The zero-order valence-electron chi connectivity index (χ0n) is 19.7. The maximum atomic E-state index is 15.0. The number of hydrogen-bond donors (Lipinski definition) is 2. The molecule has 0 saturated heterocycles. The van der Waals surface area contributed by atoms with Crippen molar-refractivity contribution in [2.24, 2.45) is 5.73 Å². The molecule has 1 fully saturated rings. The van der Waals surface area contributed by atoms with Gasteiger partial charge in [-0.05, 0) is 66.1 Å². The Balaban J connectivity index is 1.29. The molecule has 1 atom stereocenters. The van der Waals surface area contributed by atoms with Crippen LogP contribution in [0.4, 0.5) is 20.5 Å². The highest BCUT2D eigenvalue weighted by Gasteiger charge is 2.29. The average molecular weight is 602 g/mol. The maximum Gasteiger partial charge on any atom is 0.229 e. The fourth-order valence-corrected chi connectivity index (χ4v) is 5.69. The monoisotopic (exact) mass is 602 g/mol. The molecule has 0 spiro atoms. The van der Waals surface area contributed by atoms with Crippen molar-refractivity contribution in [1.29, 1.82) is 0 Å². The van der Waals surface area contributed by atoms with Crippen molar-refractivity contribution >= 4 is 45.4 Å². The molecule has 11 heteroatoms. The van der Waals surface area contributed by atoms with Gasteiger partial charge in [0.25, 0.3) is 0 Å². The van der Waals surface area contributed by atoms with E-state index in [2.05, 4.69) is 47.8 Å². The van der Waals surface area contributed by atoms with E-state index in [1.54, 1.807) is 6.07 Å². The first kappa shape index (κ1) is 23.6. The Morgan fingerprint density at radius 3 is 2.78 bits per heavy atom. The van der Waals surface area contributed by atoms with E-state index in [0.717, 1.165) is 54.6 Å². The standard InChI is InChI=1S/C25H25F2IN8/c1-13(29)11-35-7-6-19-14(12-35)2-5-21(31-19)32-25-30-10-18(27)22(34-25)15-8-17(26)23-20(9-15)36(16-3-4-16)24(28)33-23/h2,5,8-10,13,16H,3-4,6-7,11-12,29H2,1H3,(H,30,31,32,34)/t13-/m1/s1. The van der Waals surface area contributed by atoms with E-state index in [-0.39, 0.29) is 17.7 Å². The molecule has 1 aromatic carbocycles. The Bertz CT molecular complexity index is 1470. The van der Waals surface area contributed by atoms with Crippen LogP contribution in [0.15, 0.2) is 30.5 Å². The number of anilines is 2. The van der Waals surface area contributed by atoms with Gasteiger partial charge in [0.05, 0.1) is 11.7 Å². The highest BCUT2D eigenvalue weighted by atomic mass is 127. The summed E-state index contributed by atoms with van der Waals surface area (Å²) in [5, 5.41) is 3.08. The van der Waals surface area contributed by atoms with Crippen molar-refractivity contribution in [3.05, 3.63) is 57.2 Å². The van der Waals surface area contributed by atoms with Gasteiger partial charge < -0.3 is 15.6 Å². The Kier molecular flexibility index (Phi) is 6.08. The SMILES string of the molecule is C[C@@H](N)CN1CCc2nc(Nc3ncc(F)c(-c4cc(F)c5nc(I)n(C6CC6)c5c4)n3)ccc2C1. The van der Waals surface area contributed by atoms with E-state index < -0.39 is 11.6 Å². The quantitative estimate of drug-likeness (QED) is 0.313. The number of nitrogens with two attached hydrogens (primary N) is 1. The van der Waals surface area contributed by atoms with Crippen molar-refractivity contribution in [3.8, 4) is 11.3 Å². The van der Waals surface area contributed by atoms with Crippen LogP contribution in [-0.4, -0.2) is 48.5 Å². The summed E-state index contributed by atoms with van der Waals surface area (Å²) in [6, 6.07) is 7.37. The Hall–Kier alpha value is -2.77. The van der Waals surface area contributed by atoms with Gasteiger partial charge in [0, 0.05) is 49.4 Å².